The zero-order chi connectivity index (χ0) is 14.3. The van der Waals surface area contributed by atoms with Crippen LogP contribution in [0.25, 0.3) is 0 Å². The van der Waals surface area contributed by atoms with Crippen LogP contribution in [0.15, 0.2) is 0 Å². The molecule has 3 N–H and O–H groups in total. The summed E-state index contributed by atoms with van der Waals surface area (Å²) in [6.45, 7) is 0.700. The van der Waals surface area contributed by atoms with Crippen LogP contribution in [0.4, 0.5) is 4.79 Å². The predicted octanol–water partition coefficient (Wildman–Crippen LogP) is -1.53. The number of amides is 5. The minimum absolute atomic E-state index is 0.123. The van der Waals surface area contributed by atoms with Crippen molar-refractivity contribution in [3.05, 3.63) is 0 Å². The van der Waals surface area contributed by atoms with Gasteiger partial charge >= 0.3 is 6.03 Å². The van der Waals surface area contributed by atoms with Gasteiger partial charge in [-0.25, -0.2) is 4.79 Å². The number of piperidine rings is 1. The maximum Gasteiger partial charge on any atom is 0.322 e. The molecule has 0 aromatic heterocycles. The molecule has 108 valence electrons. The lowest BCUT2D eigenvalue weighted by atomic mass is 9.89. The summed E-state index contributed by atoms with van der Waals surface area (Å²) in [5.74, 6) is -0.679. The van der Waals surface area contributed by atoms with Crippen LogP contribution in [0.5, 0.6) is 0 Å². The molecule has 3 rings (SSSR count). The van der Waals surface area contributed by atoms with Gasteiger partial charge < -0.3 is 15.5 Å². The second-order valence-corrected chi connectivity index (χ2v) is 5.51. The van der Waals surface area contributed by atoms with E-state index < -0.39 is 17.6 Å². The van der Waals surface area contributed by atoms with Crippen molar-refractivity contribution in [2.24, 2.45) is 0 Å². The van der Waals surface area contributed by atoms with E-state index in [-0.39, 0.29) is 24.3 Å². The number of urea groups is 1. The molecule has 3 heterocycles. The smallest absolute Gasteiger partial charge is 0.322 e. The van der Waals surface area contributed by atoms with E-state index in [1.165, 1.54) is 0 Å². The van der Waals surface area contributed by atoms with E-state index in [0.717, 1.165) is 0 Å². The standard InChI is InChI=1S/C12H16N4O4/c17-8-3-2-7(13-8)9(18)16-5-1-4-12(6-16)10(19)14-11(20)15-12/h7H,1-6H2,(H,13,17)(H2,14,15,19,20)/t7-,12?/m1/s1. The van der Waals surface area contributed by atoms with E-state index in [9.17, 15) is 19.2 Å². The van der Waals surface area contributed by atoms with Gasteiger partial charge in [0.2, 0.25) is 11.8 Å². The first-order valence-electron chi connectivity index (χ1n) is 6.72. The number of likely N-dealkylation sites (tertiary alicyclic amines) is 1. The highest BCUT2D eigenvalue weighted by Gasteiger charge is 2.50. The van der Waals surface area contributed by atoms with E-state index in [4.69, 9.17) is 0 Å². The van der Waals surface area contributed by atoms with E-state index in [1.807, 2.05) is 0 Å². The van der Waals surface area contributed by atoms with Crippen LogP contribution in [0.3, 0.4) is 0 Å². The molecule has 5 amide bonds. The molecule has 8 nitrogen and oxygen atoms in total. The minimum Gasteiger partial charge on any atom is -0.344 e. The fraction of sp³-hybridized carbons (Fsp3) is 0.667. The molecule has 20 heavy (non-hydrogen) atoms. The third kappa shape index (κ3) is 2.00. The summed E-state index contributed by atoms with van der Waals surface area (Å²) in [7, 11) is 0. The summed E-state index contributed by atoms with van der Waals surface area (Å²) in [4.78, 5) is 48.3. The van der Waals surface area contributed by atoms with Gasteiger partial charge in [0.25, 0.3) is 5.91 Å². The molecule has 1 spiro atoms. The average Bonchev–Trinajstić information content (AvgIpc) is 2.94. The zero-order valence-electron chi connectivity index (χ0n) is 10.9. The predicted molar refractivity (Wildman–Crippen MR) is 66.4 cm³/mol. The molecule has 1 unspecified atom stereocenters. The number of hydrogen-bond donors (Lipinski definition) is 3. The molecule has 8 heteroatoms. The Morgan fingerprint density at radius 3 is 2.70 bits per heavy atom. The molecule has 0 aromatic carbocycles. The van der Waals surface area contributed by atoms with Crippen molar-refractivity contribution < 1.29 is 19.2 Å². The van der Waals surface area contributed by atoms with Gasteiger partial charge in [-0.15, -0.1) is 0 Å². The Kier molecular flexibility index (Phi) is 2.88. The van der Waals surface area contributed by atoms with Crippen LogP contribution in [-0.4, -0.2) is 53.3 Å². The molecule has 3 saturated heterocycles. The lowest BCUT2D eigenvalue weighted by Gasteiger charge is -2.38. The molecule has 0 bridgehead atoms. The summed E-state index contributed by atoms with van der Waals surface area (Å²) >= 11 is 0. The highest BCUT2D eigenvalue weighted by atomic mass is 16.2. The summed E-state index contributed by atoms with van der Waals surface area (Å²) in [5.41, 5.74) is -1.01. The first-order chi connectivity index (χ1) is 9.50. The van der Waals surface area contributed by atoms with Crippen molar-refractivity contribution in [3.8, 4) is 0 Å². The maximum absolute atomic E-state index is 12.3. The summed E-state index contributed by atoms with van der Waals surface area (Å²) < 4.78 is 0. The normalized spacial score (nSPS) is 33.1. The molecule has 2 atom stereocenters. The second-order valence-electron chi connectivity index (χ2n) is 5.51. The van der Waals surface area contributed by atoms with Crippen molar-refractivity contribution in [2.45, 2.75) is 37.3 Å². The topological polar surface area (TPSA) is 108 Å². The van der Waals surface area contributed by atoms with E-state index in [2.05, 4.69) is 16.0 Å². The van der Waals surface area contributed by atoms with Crippen molar-refractivity contribution in [3.63, 3.8) is 0 Å². The summed E-state index contributed by atoms with van der Waals surface area (Å²) in [6.07, 6.45) is 2.00. The molecular formula is C12H16N4O4. The lowest BCUT2D eigenvalue weighted by molar-refractivity contribution is -0.138. The van der Waals surface area contributed by atoms with Gasteiger partial charge in [0.15, 0.2) is 0 Å². The van der Waals surface area contributed by atoms with E-state index in [1.54, 1.807) is 4.90 Å². The Balaban J connectivity index is 1.72. The maximum atomic E-state index is 12.3. The van der Waals surface area contributed by atoms with Crippen molar-refractivity contribution in [1.82, 2.24) is 20.9 Å². The van der Waals surface area contributed by atoms with Gasteiger partial charge in [0, 0.05) is 13.0 Å². The summed E-state index contributed by atoms with van der Waals surface area (Å²) in [6, 6.07) is -1.02. The number of nitrogens with one attached hydrogen (secondary N) is 3. The Labute approximate surface area is 115 Å². The number of hydrogen-bond acceptors (Lipinski definition) is 4. The van der Waals surface area contributed by atoms with Crippen LogP contribution in [0.1, 0.15) is 25.7 Å². The third-order valence-electron chi connectivity index (χ3n) is 4.11. The number of imide groups is 1. The number of nitrogens with zero attached hydrogens (tertiary/aromatic N) is 1. The van der Waals surface area contributed by atoms with Crippen LogP contribution in [0.2, 0.25) is 0 Å². The first-order valence-corrected chi connectivity index (χ1v) is 6.72. The molecule has 0 saturated carbocycles. The van der Waals surface area contributed by atoms with Gasteiger partial charge in [-0.05, 0) is 19.3 Å². The van der Waals surface area contributed by atoms with Crippen LogP contribution >= 0.6 is 0 Å². The molecule has 0 radical (unpaired) electrons. The van der Waals surface area contributed by atoms with Gasteiger partial charge in [-0.1, -0.05) is 0 Å². The highest BCUT2D eigenvalue weighted by molar-refractivity contribution is 6.07. The van der Waals surface area contributed by atoms with E-state index >= 15 is 0 Å². The Hall–Kier alpha value is -2.12. The van der Waals surface area contributed by atoms with Crippen LogP contribution < -0.4 is 16.0 Å². The lowest BCUT2D eigenvalue weighted by Crippen LogP contribution is -2.61. The van der Waals surface area contributed by atoms with Crippen LogP contribution in [0, 0.1) is 0 Å². The monoisotopic (exact) mass is 280 g/mol. The molecule has 3 fully saturated rings. The van der Waals surface area contributed by atoms with Crippen molar-refractivity contribution in [2.75, 3.05) is 13.1 Å². The molecular weight excluding hydrogens is 264 g/mol. The third-order valence-corrected chi connectivity index (χ3v) is 4.11. The summed E-state index contributed by atoms with van der Waals surface area (Å²) in [5, 5.41) is 7.47. The second kappa shape index (κ2) is 4.46. The molecule has 3 aliphatic rings. The highest BCUT2D eigenvalue weighted by Crippen LogP contribution is 2.25. The number of carbonyl (C=O) groups is 4. The van der Waals surface area contributed by atoms with E-state index in [0.29, 0.717) is 32.2 Å². The zero-order valence-corrected chi connectivity index (χ0v) is 10.9. The first kappa shape index (κ1) is 12.9. The largest absolute Gasteiger partial charge is 0.344 e. The minimum atomic E-state index is -1.01. The fourth-order valence-corrected chi connectivity index (χ4v) is 3.08. The Bertz CT molecular complexity index is 506. The number of carbonyl (C=O) groups excluding carboxylic acids is 4. The quantitative estimate of drug-likeness (QED) is 0.506. The van der Waals surface area contributed by atoms with Gasteiger partial charge in [0.1, 0.15) is 11.6 Å². The van der Waals surface area contributed by atoms with Crippen molar-refractivity contribution >= 4 is 23.8 Å². The SMILES string of the molecule is O=C1CC[C@H](C(=O)N2CCCC3(C2)NC(=O)NC3=O)N1. The molecule has 0 aliphatic carbocycles. The Morgan fingerprint density at radius 1 is 1.30 bits per heavy atom. The van der Waals surface area contributed by atoms with Crippen LogP contribution in [-0.2, 0) is 14.4 Å². The molecule has 0 aromatic rings. The van der Waals surface area contributed by atoms with Gasteiger partial charge in [0.05, 0.1) is 6.54 Å². The van der Waals surface area contributed by atoms with Crippen molar-refractivity contribution in [1.29, 1.82) is 0 Å². The number of rotatable bonds is 1. The van der Waals surface area contributed by atoms with Gasteiger partial charge in [-0.2, -0.15) is 0 Å². The van der Waals surface area contributed by atoms with Gasteiger partial charge in [-0.3, -0.25) is 19.7 Å². The Morgan fingerprint density at radius 2 is 2.10 bits per heavy atom. The fourth-order valence-electron chi connectivity index (χ4n) is 3.08. The average molecular weight is 280 g/mol. The molecule has 3 aliphatic heterocycles.